The molecular formula is C32H37N7O3. The van der Waals surface area contributed by atoms with Crippen LogP contribution in [0.4, 0.5) is 11.6 Å². The smallest absolute Gasteiger partial charge is 0.278 e. The van der Waals surface area contributed by atoms with Gasteiger partial charge >= 0.3 is 0 Å². The van der Waals surface area contributed by atoms with Crippen molar-refractivity contribution in [2.75, 3.05) is 26.0 Å². The van der Waals surface area contributed by atoms with Crippen LogP contribution in [0.3, 0.4) is 0 Å². The van der Waals surface area contributed by atoms with Crippen LogP contribution >= 0.6 is 0 Å². The van der Waals surface area contributed by atoms with Crippen LogP contribution in [0.25, 0.3) is 16.9 Å². The first kappa shape index (κ1) is 26.9. The second-order valence-electron chi connectivity index (χ2n) is 11.9. The van der Waals surface area contributed by atoms with Gasteiger partial charge in [0.05, 0.1) is 25.0 Å². The Bertz CT molecular complexity index is 1790. The maximum Gasteiger partial charge on any atom is 0.278 e. The number of ether oxygens (including phenoxy) is 1. The van der Waals surface area contributed by atoms with Crippen molar-refractivity contribution in [2.45, 2.75) is 70.1 Å². The van der Waals surface area contributed by atoms with Crippen molar-refractivity contribution in [1.82, 2.24) is 29.2 Å². The Hall–Kier alpha value is -4.02. The molecule has 218 valence electrons. The van der Waals surface area contributed by atoms with Crippen LogP contribution in [0.1, 0.15) is 66.5 Å². The van der Waals surface area contributed by atoms with E-state index >= 15 is 0 Å². The molecule has 10 heteroatoms. The van der Waals surface area contributed by atoms with E-state index in [1.165, 1.54) is 29.5 Å². The van der Waals surface area contributed by atoms with Crippen molar-refractivity contribution >= 4 is 22.7 Å². The van der Waals surface area contributed by atoms with Crippen LogP contribution in [0, 0.1) is 0 Å². The molecule has 0 fully saturated rings. The summed E-state index contributed by atoms with van der Waals surface area (Å²) < 4.78 is 9.27. The number of aryl methyl sites for hydroxylation is 2. The number of hydrogen-bond acceptors (Lipinski definition) is 8. The van der Waals surface area contributed by atoms with Gasteiger partial charge in [0.15, 0.2) is 11.5 Å². The van der Waals surface area contributed by atoms with E-state index in [1.807, 2.05) is 19.1 Å². The molecule has 0 bridgehead atoms. The van der Waals surface area contributed by atoms with Gasteiger partial charge in [-0.15, -0.1) is 6.58 Å². The zero-order valence-corrected chi connectivity index (χ0v) is 24.5. The third kappa shape index (κ3) is 4.07. The molecule has 1 aromatic carbocycles. The maximum atomic E-state index is 13.5. The summed E-state index contributed by atoms with van der Waals surface area (Å²) in [6.45, 7) is 7.99. The molecule has 1 aliphatic heterocycles. The zero-order valence-electron chi connectivity index (χ0n) is 24.5. The number of hydrogen-bond donors (Lipinski definition) is 2. The van der Waals surface area contributed by atoms with Gasteiger partial charge in [-0.25, -0.2) is 19.3 Å². The Morgan fingerprint density at radius 2 is 2.12 bits per heavy atom. The van der Waals surface area contributed by atoms with Gasteiger partial charge < -0.3 is 20.1 Å². The predicted octanol–water partition coefficient (Wildman–Crippen LogP) is 4.32. The second-order valence-corrected chi connectivity index (χ2v) is 11.9. The summed E-state index contributed by atoms with van der Waals surface area (Å²) in [6.07, 6.45) is 8.63. The lowest BCUT2D eigenvalue weighted by atomic mass is 9.77. The van der Waals surface area contributed by atoms with Crippen LogP contribution in [0.5, 0.6) is 5.75 Å². The van der Waals surface area contributed by atoms with E-state index in [1.54, 1.807) is 28.7 Å². The van der Waals surface area contributed by atoms with Crippen molar-refractivity contribution in [1.29, 1.82) is 0 Å². The summed E-state index contributed by atoms with van der Waals surface area (Å²) in [4.78, 5) is 30.2. The predicted molar refractivity (Wildman–Crippen MR) is 162 cm³/mol. The average Bonchev–Trinajstić information content (AvgIpc) is 3.46. The van der Waals surface area contributed by atoms with Crippen molar-refractivity contribution in [3.05, 3.63) is 75.4 Å². The number of fused-ring (bicyclic) bond motifs is 2. The van der Waals surface area contributed by atoms with E-state index in [0.29, 0.717) is 47.3 Å². The fourth-order valence-electron chi connectivity index (χ4n) is 7.30. The number of rotatable bonds is 7. The topological polar surface area (TPSA) is 110 Å². The third-order valence-corrected chi connectivity index (χ3v) is 9.32. The normalized spacial score (nSPS) is 21.3. The zero-order chi connectivity index (χ0) is 29.2. The number of nitrogens with zero attached hydrogens (tertiary/aromatic N) is 6. The first-order valence-electron chi connectivity index (χ1n) is 14.9. The number of pyridine rings is 1. The molecule has 0 radical (unpaired) electrons. The highest BCUT2D eigenvalue weighted by molar-refractivity contribution is 5.78. The molecule has 10 nitrogen and oxygen atoms in total. The first-order chi connectivity index (χ1) is 20.3. The third-order valence-electron chi connectivity index (χ3n) is 9.32. The number of allylic oxidation sites excluding steroid dienone is 1. The first-order valence-corrected chi connectivity index (χ1v) is 14.9. The highest BCUT2D eigenvalue weighted by Gasteiger charge is 2.37. The molecule has 3 aliphatic rings. The molecule has 4 heterocycles. The number of anilines is 2. The largest absolute Gasteiger partial charge is 0.494 e. The lowest BCUT2D eigenvalue weighted by Gasteiger charge is -2.38. The van der Waals surface area contributed by atoms with Gasteiger partial charge in [0, 0.05) is 24.8 Å². The molecule has 2 aliphatic carbocycles. The van der Waals surface area contributed by atoms with Crippen molar-refractivity contribution in [3.8, 4) is 11.6 Å². The number of aromatic nitrogens is 5. The van der Waals surface area contributed by atoms with Crippen LogP contribution in [-0.4, -0.2) is 55.0 Å². The van der Waals surface area contributed by atoms with Crippen LogP contribution in [0.15, 0.2) is 41.8 Å². The molecule has 0 spiro atoms. The average molecular weight is 568 g/mol. The summed E-state index contributed by atoms with van der Waals surface area (Å²) in [5.41, 5.74) is 5.80. The van der Waals surface area contributed by atoms with Gasteiger partial charge in [-0.05, 0) is 80.3 Å². The molecule has 0 saturated heterocycles. The minimum Gasteiger partial charge on any atom is -0.494 e. The molecule has 2 N–H and O–H groups in total. The quantitative estimate of drug-likeness (QED) is 0.318. The lowest BCUT2D eigenvalue weighted by Crippen LogP contribution is -2.33. The van der Waals surface area contributed by atoms with Crippen molar-refractivity contribution in [3.63, 3.8) is 0 Å². The molecule has 2 unspecified atom stereocenters. The Balaban J connectivity index is 1.36. The van der Waals surface area contributed by atoms with E-state index in [4.69, 9.17) is 14.7 Å². The van der Waals surface area contributed by atoms with E-state index < -0.39 is 5.60 Å². The Morgan fingerprint density at radius 3 is 2.90 bits per heavy atom. The standard InChI is InChI=1S/C32H37N7O3/c1-5-14-38-30(40)22-16-33-31(36-29(22)39(38)25-11-10-19-12-13-32(41,6-2)28(19)35-25)34-24-15-20-8-7-9-21-17-37(3)18-23(26(20)21)27(24)42-4/h5,10-11,15-16,21,41H,1,6-9,12-14,17-18H2,2-4H3,(H,33,34,36). The summed E-state index contributed by atoms with van der Waals surface area (Å²) in [5.74, 6) is 2.23. The molecule has 0 saturated carbocycles. The SMILES string of the molecule is C=CCn1c(=O)c2cnc(Nc3cc4c5c(c3OC)CN(C)CC5CCC4)nc2n1-c1ccc2c(n1)C(O)(CC)CC2. The molecule has 42 heavy (non-hydrogen) atoms. The number of nitrogens with one attached hydrogen (secondary N) is 1. The van der Waals surface area contributed by atoms with Crippen LogP contribution in [0.2, 0.25) is 0 Å². The summed E-state index contributed by atoms with van der Waals surface area (Å²) >= 11 is 0. The number of likely N-dealkylation sites (N-methyl/N-ethyl adjacent to an activating group) is 1. The lowest BCUT2D eigenvalue weighted by molar-refractivity contribution is 0.0306. The number of aliphatic hydroxyl groups is 1. The Kier molecular flexibility index (Phi) is 6.43. The highest BCUT2D eigenvalue weighted by Crippen LogP contribution is 2.46. The van der Waals surface area contributed by atoms with E-state index in [0.717, 1.165) is 42.9 Å². The van der Waals surface area contributed by atoms with Crippen molar-refractivity contribution in [2.24, 2.45) is 0 Å². The van der Waals surface area contributed by atoms with Gasteiger partial charge in [-0.1, -0.05) is 19.1 Å². The van der Waals surface area contributed by atoms with E-state index in [2.05, 4.69) is 34.9 Å². The Morgan fingerprint density at radius 1 is 1.26 bits per heavy atom. The maximum absolute atomic E-state index is 13.5. The number of benzene rings is 1. The van der Waals surface area contributed by atoms with Gasteiger partial charge in [0.2, 0.25) is 5.95 Å². The number of methoxy groups -OCH3 is 1. The molecule has 4 aromatic rings. The summed E-state index contributed by atoms with van der Waals surface area (Å²) in [5, 5.41) is 15.0. The van der Waals surface area contributed by atoms with E-state index in [9.17, 15) is 9.90 Å². The second kappa shape index (κ2) is 10.1. The molecule has 3 aromatic heterocycles. The Labute approximate surface area is 244 Å². The van der Waals surface area contributed by atoms with Gasteiger partial charge in [-0.3, -0.25) is 4.79 Å². The van der Waals surface area contributed by atoms with Gasteiger partial charge in [-0.2, -0.15) is 4.98 Å². The minimum absolute atomic E-state index is 0.227. The summed E-state index contributed by atoms with van der Waals surface area (Å²) in [7, 11) is 3.87. The molecular weight excluding hydrogens is 530 g/mol. The fraction of sp³-hybridized carbons (Fsp3) is 0.438. The fourth-order valence-corrected chi connectivity index (χ4v) is 7.30. The van der Waals surface area contributed by atoms with Crippen LogP contribution in [-0.2, 0) is 31.5 Å². The monoisotopic (exact) mass is 567 g/mol. The molecule has 2 atom stereocenters. The molecule has 0 amide bonds. The summed E-state index contributed by atoms with van der Waals surface area (Å²) in [6, 6.07) is 6.07. The van der Waals surface area contributed by atoms with Crippen LogP contribution < -0.4 is 15.6 Å². The van der Waals surface area contributed by atoms with Gasteiger partial charge in [0.25, 0.3) is 5.56 Å². The van der Waals surface area contributed by atoms with Gasteiger partial charge in [0.1, 0.15) is 16.7 Å². The van der Waals surface area contributed by atoms with E-state index in [-0.39, 0.29) is 12.1 Å². The van der Waals surface area contributed by atoms with Crippen molar-refractivity contribution < 1.29 is 9.84 Å². The minimum atomic E-state index is -0.976. The molecule has 7 rings (SSSR count). The highest BCUT2D eigenvalue weighted by atomic mass is 16.5.